The Morgan fingerprint density at radius 3 is 2.00 bits per heavy atom. The molecule has 3 aromatic rings. The maximum atomic E-state index is 13.3. The van der Waals surface area contributed by atoms with E-state index in [9.17, 15) is 10.3 Å². The lowest BCUT2D eigenvalue weighted by Gasteiger charge is -2.43. The van der Waals surface area contributed by atoms with Crippen LogP contribution in [0.5, 0.6) is 0 Å². The highest BCUT2D eigenvalue weighted by Gasteiger charge is 2.50. The molecule has 0 N–H and O–H groups in total. The zero-order valence-corrected chi connectivity index (χ0v) is 31.5. The van der Waals surface area contributed by atoms with Crippen molar-refractivity contribution in [2.45, 2.75) is 116 Å². The van der Waals surface area contributed by atoms with Gasteiger partial charge in [-0.2, -0.15) is 0 Å². The summed E-state index contributed by atoms with van der Waals surface area (Å²) in [7, 11) is -2.79. The number of nitrogens with zero attached hydrogens (tertiary/aromatic N) is 4. The van der Waals surface area contributed by atoms with Gasteiger partial charge in [-0.1, -0.05) is 117 Å². The van der Waals surface area contributed by atoms with Crippen molar-refractivity contribution in [1.82, 2.24) is 4.90 Å². The van der Waals surface area contributed by atoms with E-state index >= 15 is 0 Å². The summed E-state index contributed by atoms with van der Waals surface area (Å²) in [5.41, 5.74) is 9.30. The van der Waals surface area contributed by atoms with Crippen molar-refractivity contribution < 1.29 is 23.4 Å². The van der Waals surface area contributed by atoms with Crippen LogP contribution in [0.1, 0.15) is 80.2 Å². The summed E-state index contributed by atoms with van der Waals surface area (Å²) < 4.78 is 25.6. The molecule has 1 saturated heterocycles. The van der Waals surface area contributed by atoms with Crippen LogP contribution in [0, 0.1) is 0 Å². The third-order valence-electron chi connectivity index (χ3n) is 9.03. The summed E-state index contributed by atoms with van der Waals surface area (Å²) in [5.74, 6) is 0. The predicted octanol–water partition coefficient (Wildman–Crippen LogP) is 8.37. The largest absolute Gasteiger partial charge is 0.444 e. The zero-order chi connectivity index (χ0) is 35.7. The number of benzene rings is 3. The van der Waals surface area contributed by atoms with Crippen molar-refractivity contribution in [3.8, 4) is 0 Å². The molecule has 0 aliphatic carbocycles. The van der Waals surface area contributed by atoms with Gasteiger partial charge in [-0.3, -0.25) is 4.90 Å². The van der Waals surface area contributed by atoms with Crippen LogP contribution in [-0.4, -0.2) is 62.0 Å². The molecule has 1 amide bonds. The Morgan fingerprint density at radius 2 is 1.49 bits per heavy atom. The van der Waals surface area contributed by atoms with E-state index in [1.54, 1.807) is 4.90 Å². The predicted molar refractivity (Wildman–Crippen MR) is 197 cm³/mol. The van der Waals surface area contributed by atoms with Crippen LogP contribution in [0.25, 0.3) is 10.4 Å². The fourth-order valence-electron chi connectivity index (χ4n) is 6.78. The monoisotopic (exact) mass is 686 g/mol. The minimum absolute atomic E-state index is 0.180. The topological polar surface area (TPSA) is 106 Å². The molecule has 0 saturated carbocycles. The first kappa shape index (κ1) is 38.1. The number of hydrogen-bond donors (Lipinski definition) is 0. The normalized spacial score (nSPS) is 17.6. The van der Waals surface area contributed by atoms with Crippen LogP contribution in [0.4, 0.5) is 4.79 Å². The number of carbonyl (C=O) groups excluding carboxylic acids is 1. The van der Waals surface area contributed by atoms with Gasteiger partial charge in [0.15, 0.2) is 0 Å². The molecule has 1 aliphatic heterocycles. The lowest BCUT2D eigenvalue weighted by molar-refractivity contribution is -0.0629. The summed E-state index contributed by atoms with van der Waals surface area (Å²) >= 11 is 0. The molecule has 3 atom stereocenters. The molecule has 4 rings (SSSR count). The van der Waals surface area contributed by atoms with Crippen LogP contribution < -0.4 is 10.4 Å². The quantitative estimate of drug-likeness (QED) is 0.0733. The molecule has 9 nitrogen and oxygen atoms in total. The molecular weight excluding hydrogens is 633 g/mol. The molecule has 264 valence electrons. The van der Waals surface area contributed by atoms with Crippen LogP contribution in [-0.2, 0) is 25.2 Å². The Balaban J connectivity index is 1.60. The van der Waals surface area contributed by atoms with E-state index in [1.165, 1.54) is 10.4 Å². The van der Waals surface area contributed by atoms with E-state index in [2.05, 4.69) is 79.3 Å². The first-order valence-electron chi connectivity index (χ1n) is 17.3. The maximum absolute atomic E-state index is 13.3. The van der Waals surface area contributed by atoms with Crippen molar-refractivity contribution in [2.75, 3.05) is 13.2 Å². The van der Waals surface area contributed by atoms with Gasteiger partial charge >= 0.3 is 6.09 Å². The number of carbonyl (C=O) groups is 1. The Morgan fingerprint density at radius 1 is 0.939 bits per heavy atom. The summed E-state index contributed by atoms with van der Waals surface area (Å²) in [4.78, 5) is 18.2. The third kappa shape index (κ3) is 9.74. The van der Waals surface area contributed by atoms with Crippen LogP contribution >= 0.6 is 0 Å². The molecule has 10 heteroatoms. The van der Waals surface area contributed by atoms with E-state index in [1.807, 2.05) is 77.1 Å². The minimum Gasteiger partial charge on any atom is -0.444 e. The Hall–Kier alpha value is -3.66. The van der Waals surface area contributed by atoms with E-state index in [4.69, 9.17) is 18.6 Å². The molecule has 0 aromatic heterocycles. The van der Waals surface area contributed by atoms with Gasteiger partial charge in [-0.15, -0.1) is 0 Å². The number of hydrogen-bond acceptors (Lipinski definition) is 6. The number of rotatable bonds is 14. The summed E-state index contributed by atoms with van der Waals surface area (Å²) in [6.07, 6.45) is 0.707. The lowest BCUT2D eigenvalue weighted by Crippen LogP contribution is -2.66. The SMILES string of the molecule is CC(C)(C)OC(=O)N1[C@@H](CC[C@H](N=[N+]=[N-])[C@H](CCO[Si](c2ccccc2)(c2ccccc2)C(C)(C)C)OCc2ccccc2)COC1(C)C. The molecule has 0 unspecified atom stereocenters. The van der Waals surface area contributed by atoms with Gasteiger partial charge in [0.05, 0.1) is 31.4 Å². The van der Waals surface area contributed by atoms with Gasteiger partial charge in [0.2, 0.25) is 0 Å². The Labute approximate surface area is 293 Å². The van der Waals surface area contributed by atoms with Gasteiger partial charge < -0.3 is 18.6 Å². The highest BCUT2D eigenvalue weighted by Crippen LogP contribution is 2.37. The van der Waals surface area contributed by atoms with Crippen LogP contribution in [0.15, 0.2) is 96.1 Å². The molecule has 3 aromatic carbocycles. The van der Waals surface area contributed by atoms with E-state index in [0.717, 1.165) is 5.56 Å². The summed E-state index contributed by atoms with van der Waals surface area (Å²) in [6, 6.07) is 30.3. The molecule has 1 aliphatic rings. The van der Waals surface area contributed by atoms with Crippen LogP contribution in [0.2, 0.25) is 5.04 Å². The van der Waals surface area contributed by atoms with Crippen molar-refractivity contribution in [2.24, 2.45) is 5.11 Å². The Bertz CT molecular complexity index is 1480. The van der Waals surface area contributed by atoms with Gasteiger partial charge in [0.25, 0.3) is 8.32 Å². The molecule has 0 spiro atoms. The molecule has 0 bridgehead atoms. The minimum atomic E-state index is -2.79. The first-order valence-corrected chi connectivity index (χ1v) is 19.2. The standard InChI is InChI=1S/C39H54N4O5Si/c1-37(2,3)48-36(44)43-31(29-46-39(43,7)8)24-25-34(41-42-40)35(45-28-30-18-12-9-13-19-30)26-27-47-49(38(4,5)6,32-20-14-10-15-21-32)33-22-16-11-17-23-33/h9-23,31,34-35H,24-29H2,1-8H3/t31-,34-,35-/m0/s1. The average Bonchev–Trinajstić information content (AvgIpc) is 3.36. The maximum Gasteiger partial charge on any atom is 0.412 e. The molecule has 1 heterocycles. The van der Waals surface area contributed by atoms with Crippen molar-refractivity contribution in [3.05, 3.63) is 107 Å². The average molecular weight is 687 g/mol. The van der Waals surface area contributed by atoms with Gasteiger partial charge in [0.1, 0.15) is 11.3 Å². The number of amides is 1. The number of azide groups is 1. The van der Waals surface area contributed by atoms with Crippen molar-refractivity contribution >= 4 is 24.8 Å². The second kappa shape index (κ2) is 16.4. The lowest BCUT2D eigenvalue weighted by atomic mass is 9.99. The van der Waals surface area contributed by atoms with E-state index < -0.39 is 37.9 Å². The molecule has 49 heavy (non-hydrogen) atoms. The molecule has 1 fully saturated rings. The van der Waals surface area contributed by atoms with Gasteiger partial charge in [-0.25, -0.2) is 4.79 Å². The third-order valence-corrected chi connectivity index (χ3v) is 14.1. The van der Waals surface area contributed by atoms with Gasteiger partial charge in [-0.05, 0) is 80.4 Å². The van der Waals surface area contributed by atoms with Crippen molar-refractivity contribution in [3.63, 3.8) is 0 Å². The second-order valence-corrected chi connectivity index (χ2v) is 19.6. The molecular formula is C39H54N4O5Si. The summed E-state index contributed by atoms with van der Waals surface area (Å²) in [5, 5.41) is 6.50. The van der Waals surface area contributed by atoms with Crippen LogP contribution in [0.3, 0.4) is 0 Å². The first-order chi connectivity index (χ1) is 23.2. The van der Waals surface area contributed by atoms with E-state index in [-0.39, 0.29) is 11.1 Å². The van der Waals surface area contributed by atoms with Gasteiger partial charge in [0, 0.05) is 11.5 Å². The Kier molecular flexibility index (Phi) is 12.7. The highest BCUT2D eigenvalue weighted by molar-refractivity contribution is 6.99. The highest BCUT2D eigenvalue weighted by atomic mass is 28.4. The van der Waals surface area contributed by atoms with E-state index in [0.29, 0.717) is 39.1 Å². The molecule has 0 radical (unpaired) electrons. The summed E-state index contributed by atoms with van der Waals surface area (Å²) in [6.45, 7) is 17.2. The van der Waals surface area contributed by atoms with Crippen molar-refractivity contribution in [1.29, 1.82) is 0 Å². The number of ether oxygens (including phenoxy) is 3. The smallest absolute Gasteiger partial charge is 0.412 e. The fourth-order valence-corrected chi connectivity index (χ4v) is 11.4. The fraction of sp³-hybridized carbons (Fsp3) is 0.513. The second-order valence-electron chi connectivity index (χ2n) is 15.2. The zero-order valence-electron chi connectivity index (χ0n) is 30.5.